The number of thiol groups is 1. The highest BCUT2D eigenvalue weighted by molar-refractivity contribution is 7.81. The van der Waals surface area contributed by atoms with Crippen LogP contribution >= 0.6 is 12.6 Å². The van der Waals surface area contributed by atoms with E-state index in [1.807, 2.05) is 6.92 Å². The number of benzene rings is 1. The van der Waals surface area contributed by atoms with Gasteiger partial charge in [-0.05, 0) is 30.0 Å². The fourth-order valence-electron chi connectivity index (χ4n) is 1.78. The highest BCUT2D eigenvalue weighted by atomic mass is 32.1. The van der Waals surface area contributed by atoms with Crippen LogP contribution in [0.5, 0.6) is 11.5 Å². The van der Waals surface area contributed by atoms with E-state index in [9.17, 15) is 15.0 Å². The second-order valence-corrected chi connectivity index (χ2v) is 4.84. The van der Waals surface area contributed by atoms with Crippen LogP contribution in [0.1, 0.15) is 25.0 Å². The van der Waals surface area contributed by atoms with Crippen molar-refractivity contribution in [1.82, 2.24) is 0 Å². The van der Waals surface area contributed by atoms with E-state index in [0.717, 1.165) is 0 Å². The molecule has 2 atom stereocenters. The van der Waals surface area contributed by atoms with Crippen LogP contribution in [-0.2, 0) is 9.53 Å². The maximum Gasteiger partial charge on any atom is 0.315 e. The number of hydrogen-bond donors (Lipinski definition) is 3. The van der Waals surface area contributed by atoms with Gasteiger partial charge in [0, 0.05) is 0 Å². The zero-order valence-electron chi connectivity index (χ0n) is 11.6. The van der Waals surface area contributed by atoms with Crippen molar-refractivity contribution in [1.29, 1.82) is 0 Å². The third-order valence-electron chi connectivity index (χ3n) is 3.05. The molecule has 5 nitrogen and oxygen atoms in total. The molecule has 0 fully saturated rings. The third-order valence-corrected chi connectivity index (χ3v) is 3.31. The first-order valence-corrected chi connectivity index (χ1v) is 6.94. The molecule has 0 unspecified atom stereocenters. The number of rotatable bonds is 7. The fraction of sp³-hybridized carbons (Fsp3) is 0.500. The van der Waals surface area contributed by atoms with Crippen LogP contribution in [0.4, 0.5) is 0 Å². The van der Waals surface area contributed by atoms with E-state index in [2.05, 4.69) is 12.6 Å². The minimum Gasteiger partial charge on any atom is -0.504 e. The Morgan fingerprint density at radius 1 is 1.45 bits per heavy atom. The summed E-state index contributed by atoms with van der Waals surface area (Å²) in [6.45, 7) is 2.08. The Bertz CT molecular complexity index is 449. The molecule has 0 spiro atoms. The standard InChI is InChI=1S/C14H20O5S/c1-9(5-6-19-13(16)8-20)14(17)10-3-4-12(18-2)11(15)7-10/h3-4,7,9,14-15,17,20H,5-6,8H2,1-2H3/t9-,14+/m1/s1. The van der Waals surface area contributed by atoms with Crippen LogP contribution in [0.25, 0.3) is 0 Å². The summed E-state index contributed by atoms with van der Waals surface area (Å²) in [6, 6.07) is 4.76. The summed E-state index contributed by atoms with van der Waals surface area (Å²) in [5, 5.41) is 19.9. The molecule has 0 bridgehead atoms. The molecule has 0 saturated carbocycles. The van der Waals surface area contributed by atoms with Crippen molar-refractivity contribution in [2.75, 3.05) is 19.5 Å². The zero-order chi connectivity index (χ0) is 15.1. The number of aromatic hydroxyl groups is 1. The molecule has 1 rings (SSSR count). The van der Waals surface area contributed by atoms with E-state index in [1.54, 1.807) is 12.1 Å². The van der Waals surface area contributed by atoms with Gasteiger partial charge in [0.05, 0.1) is 25.6 Å². The lowest BCUT2D eigenvalue weighted by molar-refractivity contribution is -0.141. The number of phenolic OH excluding ortho intramolecular Hbond substituents is 1. The summed E-state index contributed by atoms with van der Waals surface area (Å²) in [5.41, 5.74) is 0.594. The average molecular weight is 300 g/mol. The molecule has 0 aliphatic carbocycles. The van der Waals surface area contributed by atoms with Gasteiger partial charge in [-0.15, -0.1) is 0 Å². The van der Waals surface area contributed by atoms with Crippen molar-refractivity contribution >= 4 is 18.6 Å². The van der Waals surface area contributed by atoms with Crippen molar-refractivity contribution in [3.05, 3.63) is 23.8 Å². The van der Waals surface area contributed by atoms with Crippen LogP contribution in [0.2, 0.25) is 0 Å². The molecular weight excluding hydrogens is 280 g/mol. The maximum absolute atomic E-state index is 10.9. The quantitative estimate of drug-likeness (QED) is 0.530. The molecule has 0 amide bonds. The number of phenols is 1. The van der Waals surface area contributed by atoms with Gasteiger partial charge in [0.25, 0.3) is 0 Å². The van der Waals surface area contributed by atoms with Crippen molar-refractivity contribution in [2.45, 2.75) is 19.4 Å². The first-order valence-electron chi connectivity index (χ1n) is 6.31. The van der Waals surface area contributed by atoms with Crippen LogP contribution in [0.15, 0.2) is 18.2 Å². The van der Waals surface area contributed by atoms with Crippen molar-refractivity contribution in [3.8, 4) is 11.5 Å². The van der Waals surface area contributed by atoms with Gasteiger partial charge in [-0.25, -0.2) is 0 Å². The van der Waals surface area contributed by atoms with Gasteiger partial charge in [-0.1, -0.05) is 13.0 Å². The Morgan fingerprint density at radius 3 is 2.70 bits per heavy atom. The van der Waals surface area contributed by atoms with E-state index in [-0.39, 0.29) is 30.0 Å². The Balaban J connectivity index is 2.57. The van der Waals surface area contributed by atoms with Gasteiger partial charge in [0.15, 0.2) is 11.5 Å². The Labute approximate surface area is 123 Å². The summed E-state index contributed by atoms with van der Waals surface area (Å²) >= 11 is 3.80. The van der Waals surface area contributed by atoms with E-state index in [4.69, 9.17) is 9.47 Å². The van der Waals surface area contributed by atoms with Crippen molar-refractivity contribution in [2.24, 2.45) is 5.92 Å². The molecule has 20 heavy (non-hydrogen) atoms. The molecule has 112 valence electrons. The Hall–Kier alpha value is -1.40. The van der Waals surface area contributed by atoms with Crippen LogP contribution < -0.4 is 4.74 Å². The number of carbonyl (C=O) groups is 1. The predicted octanol–water partition coefficient (Wildman–Crippen LogP) is 1.93. The number of esters is 1. The van der Waals surface area contributed by atoms with E-state index >= 15 is 0 Å². The molecule has 0 aromatic heterocycles. The summed E-state index contributed by atoms with van der Waals surface area (Å²) in [4.78, 5) is 10.9. The first kappa shape index (κ1) is 16.7. The number of hydrogen-bond acceptors (Lipinski definition) is 6. The number of aliphatic hydroxyl groups excluding tert-OH is 1. The number of ether oxygens (including phenoxy) is 2. The Morgan fingerprint density at radius 2 is 2.15 bits per heavy atom. The van der Waals surface area contributed by atoms with E-state index < -0.39 is 6.10 Å². The molecule has 2 N–H and O–H groups in total. The maximum atomic E-state index is 10.9. The second-order valence-electron chi connectivity index (χ2n) is 4.52. The van der Waals surface area contributed by atoms with Gasteiger partial charge in [0.1, 0.15) is 0 Å². The molecular formula is C14H20O5S. The lowest BCUT2D eigenvalue weighted by Gasteiger charge is -2.19. The fourth-order valence-corrected chi connectivity index (χ4v) is 1.87. The number of aliphatic hydroxyl groups is 1. The predicted molar refractivity (Wildman–Crippen MR) is 78.2 cm³/mol. The zero-order valence-corrected chi connectivity index (χ0v) is 12.5. The van der Waals surface area contributed by atoms with Gasteiger partial charge < -0.3 is 19.7 Å². The number of methoxy groups -OCH3 is 1. The van der Waals surface area contributed by atoms with E-state index in [1.165, 1.54) is 13.2 Å². The minimum absolute atomic E-state index is 0.0160. The van der Waals surface area contributed by atoms with Crippen molar-refractivity contribution in [3.63, 3.8) is 0 Å². The smallest absolute Gasteiger partial charge is 0.315 e. The van der Waals surface area contributed by atoms with Gasteiger partial charge in [-0.2, -0.15) is 12.6 Å². The summed E-state index contributed by atoms with van der Waals surface area (Å²) in [7, 11) is 1.46. The average Bonchev–Trinajstić information content (AvgIpc) is 2.45. The molecule has 1 aromatic carbocycles. The third kappa shape index (κ3) is 4.61. The summed E-state index contributed by atoms with van der Waals surface area (Å²) in [5.74, 6) is -0.106. The highest BCUT2D eigenvalue weighted by Gasteiger charge is 2.18. The van der Waals surface area contributed by atoms with Gasteiger partial charge >= 0.3 is 5.97 Å². The van der Waals surface area contributed by atoms with Crippen LogP contribution in [-0.4, -0.2) is 35.7 Å². The molecule has 0 aliphatic rings. The lowest BCUT2D eigenvalue weighted by Crippen LogP contribution is -2.14. The van der Waals surface area contributed by atoms with Crippen LogP contribution in [0.3, 0.4) is 0 Å². The SMILES string of the molecule is COc1ccc([C@@H](O)[C@H](C)CCOC(=O)CS)cc1O. The summed E-state index contributed by atoms with van der Waals surface area (Å²) < 4.78 is 9.86. The number of carbonyl (C=O) groups excluding carboxylic acids is 1. The summed E-state index contributed by atoms with van der Waals surface area (Å²) in [6.07, 6.45) is -0.227. The first-order chi connectivity index (χ1) is 9.49. The molecule has 0 saturated heterocycles. The molecule has 1 aromatic rings. The topological polar surface area (TPSA) is 76.0 Å². The van der Waals surface area contributed by atoms with Gasteiger partial charge in [-0.3, -0.25) is 4.79 Å². The lowest BCUT2D eigenvalue weighted by atomic mass is 9.94. The molecule has 0 aliphatic heterocycles. The monoisotopic (exact) mass is 300 g/mol. The Kier molecular flexibility index (Phi) is 6.67. The molecule has 0 heterocycles. The molecule has 6 heteroatoms. The van der Waals surface area contributed by atoms with Crippen LogP contribution in [0, 0.1) is 5.92 Å². The molecule has 0 radical (unpaired) electrons. The minimum atomic E-state index is -0.749. The second kappa shape index (κ2) is 8.01. The normalized spacial score (nSPS) is 13.6. The highest BCUT2D eigenvalue weighted by Crippen LogP contribution is 2.32. The van der Waals surface area contributed by atoms with Gasteiger partial charge in [0.2, 0.25) is 0 Å². The van der Waals surface area contributed by atoms with E-state index in [0.29, 0.717) is 17.7 Å². The van der Waals surface area contributed by atoms with Crippen molar-refractivity contribution < 1.29 is 24.5 Å². The largest absolute Gasteiger partial charge is 0.504 e.